The monoisotopic (exact) mass is 421 g/mol. The molecule has 2 saturated heterocycles. The van der Waals surface area contributed by atoms with Gasteiger partial charge in [0.25, 0.3) is 5.91 Å². The number of hydrogen-bond donors (Lipinski definition) is 3. The first-order valence-electron chi connectivity index (χ1n) is 11.2. The SMILES string of the molecule is O=C(c1cc2c(Nc3cc(C4CC4)[nH]n3)nc(N3CCCC3)nn2c1)N1CCNCC1. The number of piperazine rings is 1. The third-order valence-electron chi connectivity index (χ3n) is 6.35. The van der Waals surface area contributed by atoms with Crippen LogP contribution < -0.4 is 15.5 Å². The molecule has 0 unspecified atom stereocenters. The predicted octanol–water partition coefficient (Wildman–Crippen LogP) is 1.72. The van der Waals surface area contributed by atoms with Crippen LogP contribution >= 0.6 is 0 Å². The first-order valence-corrected chi connectivity index (χ1v) is 11.2. The maximum Gasteiger partial charge on any atom is 0.255 e. The standard InChI is InChI=1S/C21H27N9O/c31-20(28-9-5-22-6-10-28)15-11-17-19(23-18-12-16(25-26-18)14-3-4-14)24-21(27-30(17)13-15)29-7-1-2-8-29/h11-14,22H,1-10H2,(H2,23,24,25,26,27). The highest BCUT2D eigenvalue weighted by Crippen LogP contribution is 2.39. The number of carbonyl (C=O) groups is 1. The van der Waals surface area contributed by atoms with E-state index in [-0.39, 0.29) is 5.91 Å². The molecule has 31 heavy (non-hydrogen) atoms. The Balaban J connectivity index is 1.36. The summed E-state index contributed by atoms with van der Waals surface area (Å²) in [5.41, 5.74) is 2.58. The summed E-state index contributed by atoms with van der Waals surface area (Å²) in [6.45, 7) is 5.00. The molecule has 3 aromatic heterocycles. The van der Waals surface area contributed by atoms with E-state index in [0.717, 1.165) is 69.1 Å². The average Bonchev–Trinajstić information content (AvgIpc) is 3.20. The molecule has 3 fully saturated rings. The van der Waals surface area contributed by atoms with Crippen molar-refractivity contribution in [2.45, 2.75) is 31.6 Å². The minimum atomic E-state index is 0.0384. The third-order valence-corrected chi connectivity index (χ3v) is 6.35. The van der Waals surface area contributed by atoms with Gasteiger partial charge in [-0.15, -0.1) is 5.10 Å². The van der Waals surface area contributed by atoms with Gasteiger partial charge < -0.3 is 20.4 Å². The van der Waals surface area contributed by atoms with E-state index < -0.39 is 0 Å². The Hall–Kier alpha value is -3.14. The summed E-state index contributed by atoms with van der Waals surface area (Å²) in [6, 6.07) is 3.94. The lowest BCUT2D eigenvalue weighted by Crippen LogP contribution is -2.46. The highest BCUT2D eigenvalue weighted by Gasteiger charge is 2.26. The number of nitrogens with zero attached hydrogens (tertiary/aromatic N) is 6. The Morgan fingerprint density at radius 1 is 1.10 bits per heavy atom. The van der Waals surface area contributed by atoms with Gasteiger partial charge in [-0.2, -0.15) is 10.1 Å². The molecule has 162 valence electrons. The second-order valence-corrected chi connectivity index (χ2v) is 8.66. The van der Waals surface area contributed by atoms with Crippen molar-refractivity contribution in [3.63, 3.8) is 0 Å². The molecule has 10 heteroatoms. The van der Waals surface area contributed by atoms with Gasteiger partial charge in [-0.25, -0.2) is 4.52 Å². The van der Waals surface area contributed by atoms with Crippen molar-refractivity contribution in [1.29, 1.82) is 0 Å². The molecule has 0 spiro atoms. The lowest BCUT2D eigenvalue weighted by Gasteiger charge is -2.26. The number of carbonyl (C=O) groups excluding carboxylic acids is 1. The zero-order chi connectivity index (χ0) is 20.8. The highest BCUT2D eigenvalue weighted by atomic mass is 16.2. The zero-order valence-electron chi connectivity index (χ0n) is 17.5. The molecule has 0 radical (unpaired) electrons. The molecule has 1 saturated carbocycles. The molecule has 3 aromatic rings. The van der Waals surface area contributed by atoms with Gasteiger partial charge in [0.05, 0.1) is 5.56 Å². The van der Waals surface area contributed by atoms with E-state index >= 15 is 0 Å². The summed E-state index contributed by atoms with van der Waals surface area (Å²) < 4.78 is 1.78. The number of hydrogen-bond acceptors (Lipinski definition) is 7. The second kappa shape index (κ2) is 7.52. The molecule has 0 aromatic carbocycles. The van der Waals surface area contributed by atoms with Crippen LogP contribution in [0, 0.1) is 0 Å². The fourth-order valence-corrected chi connectivity index (χ4v) is 4.42. The van der Waals surface area contributed by atoms with Gasteiger partial charge in [-0.1, -0.05) is 0 Å². The van der Waals surface area contributed by atoms with Crippen molar-refractivity contribution in [2.24, 2.45) is 0 Å². The molecule has 3 aliphatic rings. The van der Waals surface area contributed by atoms with Crippen LogP contribution in [0.2, 0.25) is 0 Å². The Morgan fingerprint density at radius 2 is 1.90 bits per heavy atom. The Kier molecular flexibility index (Phi) is 4.52. The van der Waals surface area contributed by atoms with Gasteiger partial charge in [0.1, 0.15) is 5.52 Å². The van der Waals surface area contributed by atoms with Crippen LogP contribution in [-0.2, 0) is 0 Å². The molecule has 1 amide bonds. The van der Waals surface area contributed by atoms with E-state index in [1.54, 1.807) is 4.52 Å². The van der Waals surface area contributed by atoms with E-state index in [1.807, 2.05) is 17.2 Å². The maximum absolute atomic E-state index is 13.1. The molecule has 5 heterocycles. The zero-order valence-corrected chi connectivity index (χ0v) is 17.5. The van der Waals surface area contributed by atoms with E-state index in [9.17, 15) is 4.79 Å². The fourth-order valence-electron chi connectivity index (χ4n) is 4.42. The number of nitrogens with one attached hydrogen (secondary N) is 3. The number of rotatable bonds is 5. The summed E-state index contributed by atoms with van der Waals surface area (Å²) in [7, 11) is 0. The molecule has 0 bridgehead atoms. The molecule has 3 N–H and O–H groups in total. The summed E-state index contributed by atoms with van der Waals surface area (Å²) in [5, 5.41) is 18.9. The smallest absolute Gasteiger partial charge is 0.255 e. The van der Waals surface area contributed by atoms with Crippen molar-refractivity contribution >= 4 is 29.0 Å². The van der Waals surface area contributed by atoms with Crippen LogP contribution in [0.3, 0.4) is 0 Å². The summed E-state index contributed by atoms with van der Waals surface area (Å²) in [5.74, 6) is 2.74. The van der Waals surface area contributed by atoms with Gasteiger partial charge >= 0.3 is 0 Å². The van der Waals surface area contributed by atoms with Crippen LogP contribution in [0.1, 0.15) is 47.7 Å². The molecule has 6 rings (SSSR count). The van der Waals surface area contributed by atoms with Gasteiger partial charge in [0.15, 0.2) is 11.6 Å². The van der Waals surface area contributed by atoms with Crippen LogP contribution in [0.25, 0.3) is 5.52 Å². The molecule has 1 aliphatic carbocycles. The molecule has 2 aliphatic heterocycles. The number of aromatic amines is 1. The van der Waals surface area contributed by atoms with Gasteiger partial charge in [-0.05, 0) is 31.7 Å². The molecular weight excluding hydrogens is 394 g/mol. The topological polar surface area (TPSA) is 106 Å². The van der Waals surface area contributed by atoms with Crippen LogP contribution in [0.5, 0.6) is 0 Å². The summed E-state index contributed by atoms with van der Waals surface area (Å²) in [4.78, 5) is 22.0. The number of amides is 1. The summed E-state index contributed by atoms with van der Waals surface area (Å²) >= 11 is 0. The first-order chi connectivity index (χ1) is 15.2. The van der Waals surface area contributed by atoms with Gasteiger partial charge in [0.2, 0.25) is 5.95 Å². The number of fused-ring (bicyclic) bond motifs is 1. The highest BCUT2D eigenvalue weighted by molar-refractivity contribution is 5.96. The minimum absolute atomic E-state index is 0.0384. The summed E-state index contributed by atoms with van der Waals surface area (Å²) in [6.07, 6.45) is 6.55. The van der Waals surface area contributed by atoms with E-state index in [0.29, 0.717) is 23.2 Å². The van der Waals surface area contributed by atoms with Crippen molar-refractivity contribution in [2.75, 3.05) is 49.5 Å². The van der Waals surface area contributed by atoms with E-state index in [4.69, 9.17) is 10.1 Å². The fraction of sp³-hybridized carbons (Fsp3) is 0.524. The molecule has 10 nitrogen and oxygen atoms in total. The van der Waals surface area contributed by atoms with E-state index in [2.05, 4.69) is 31.8 Å². The second-order valence-electron chi connectivity index (χ2n) is 8.66. The third kappa shape index (κ3) is 3.60. The van der Waals surface area contributed by atoms with Gasteiger partial charge in [0, 0.05) is 63.1 Å². The first kappa shape index (κ1) is 18.6. The minimum Gasteiger partial charge on any atom is -0.340 e. The van der Waals surface area contributed by atoms with Crippen LogP contribution in [0.4, 0.5) is 17.6 Å². The number of H-pyrrole nitrogens is 1. The maximum atomic E-state index is 13.1. The Morgan fingerprint density at radius 3 is 2.68 bits per heavy atom. The number of anilines is 3. The Labute approximate surface area is 180 Å². The molecular formula is C21H27N9O. The van der Waals surface area contributed by atoms with E-state index in [1.165, 1.54) is 12.8 Å². The lowest BCUT2D eigenvalue weighted by atomic mass is 10.2. The molecule has 0 atom stereocenters. The van der Waals surface area contributed by atoms with Crippen LogP contribution in [0.15, 0.2) is 18.3 Å². The van der Waals surface area contributed by atoms with Crippen molar-refractivity contribution in [3.05, 3.63) is 29.6 Å². The number of aromatic nitrogens is 5. The Bertz CT molecular complexity index is 1100. The van der Waals surface area contributed by atoms with Crippen LogP contribution in [-0.4, -0.2) is 74.9 Å². The van der Waals surface area contributed by atoms with Gasteiger partial charge in [-0.3, -0.25) is 9.89 Å². The van der Waals surface area contributed by atoms with Crippen molar-refractivity contribution in [3.8, 4) is 0 Å². The lowest BCUT2D eigenvalue weighted by molar-refractivity contribution is 0.0736. The quantitative estimate of drug-likeness (QED) is 0.576. The largest absolute Gasteiger partial charge is 0.340 e. The predicted molar refractivity (Wildman–Crippen MR) is 117 cm³/mol. The normalized spacial score (nSPS) is 19.4. The van der Waals surface area contributed by atoms with Crippen molar-refractivity contribution < 1.29 is 4.79 Å². The average molecular weight is 422 g/mol. The van der Waals surface area contributed by atoms with Crippen molar-refractivity contribution in [1.82, 2.24) is 35.0 Å².